The van der Waals surface area contributed by atoms with Gasteiger partial charge in [0.05, 0.1) is 0 Å². The number of nitrogens with one attached hydrogen (secondary N) is 2. The van der Waals surface area contributed by atoms with E-state index in [-0.39, 0.29) is 11.6 Å². The molecule has 1 amide bonds. The molecule has 2 N–H and O–H groups in total. The standard InChI is InChI=1S/C17H15BrN4O2/c1-10-7-12(3-4-14(10)18)20-13-5-6-19-15(9-13)17(23)21-16-8-11(2)24-22-16/h3-9H,1-2H3,(H,19,20)(H,21,22,23). The van der Waals surface area contributed by atoms with Crippen molar-refractivity contribution in [1.82, 2.24) is 10.1 Å². The van der Waals surface area contributed by atoms with Crippen LogP contribution in [0.4, 0.5) is 17.2 Å². The lowest BCUT2D eigenvalue weighted by molar-refractivity contribution is 0.102. The lowest BCUT2D eigenvalue weighted by atomic mass is 10.2. The first-order chi connectivity index (χ1) is 11.5. The van der Waals surface area contributed by atoms with Gasteiger partial charge in [-0.3, -0.25) is 9.78 Å². The lowest BCUT2D eigenvalue weighted by Gasteiger charge is -2.09. The van der Waals surface area contributed by atoms with Crippen LogP contribution in [-0.4, -0.2) is 16.0 Å². The highest BCUT2D eigenvalue weighted by molar-refractivity contribution is 9.10. The predicted octanol–water partition coefficient (Wildman–Crippen LogP) is 4.44. The molecular weight excluding hydrogens is 372 g/mol. The van der Waals surface area contributed by atoms with Crippen LogP contribution in [0.5, 0.6) is 0 Å². The van der Waals surface area contributed by atoms with Gasteiger partial charge in [0, 0.05) is 28.1 Å². The minimum atomic E-state index is -0.348. The first kappa shape index (κ1) is 16.2. The number of anilines is 3. The number of aryl methyl sites for hydroxylation is 2. The Morgan fingerprint density at radius 1 is 1.12 bits per heavy atom. The first-order valence-corrected chi connectivity index (χ1v) is 8.04. The minimum Gasteiger partial charge on any atom is -0.360 e. The van der Waals surface area contributed by atoms with E-state index in [0.29, 0.717) is 11.6 Å². The zero-order valence-electron chi connectivity index (χ0n) is 13.1. The molecule has 122 valence electrons. The average molecular weight is 387 g/mol. The van der Waals surface area contributed by atoms with E-state index < -0.39 is 0 Å². The summed E-state index contributed by atoms with van der Waals surface area (Å²) >= 11 is 3.47. The zero-order chi connectivity index (χ0) is 17.1. The third kappa shape index (κ3) is 3.80. The molecule has 0 aliphatic carbocycles. The predicted molar refractivity (Wildman–Crippen MR) is 95.6 cm³/mol. The number of amides is 1. The quantitative estimate of drug-likeness (QED) is 0.692. The van der Waals surface area contributed by atoms with Crippen molar-refractivity contribution in [1.29, 1.82) is 0 Å². The number of halogens is 1. The molecule has 3 rings (SSSR count). The Kier molecular flexibility index (Phi) is 4.61. The SMILES string of the molecule is Cc1cc(NC(=O)c2cc(Nc3ccc(Br)c(C)c3)ccn2)no1. The second kappa shape index (κ2) is 6.84. The molecular formula is C17H15BrN4O2. The number of hydrogen-bond acceptors (Lipinski definition) is 5. The van der Waals surface area contributed by atoms with E-state index in [2.05, 4.69) is 36.7 Å². The molecule has 0 aliphatic heterocycles. The molecule has 24 heavy (non-hydrogen) atoms. The summed E-state index contributed by atoms with van der Waals surface area (Å²) in [7, 11) is 0. The van der Waals surface area contributed by atoms with Gasteiger partial charge in [-0.15, -0.1) is 0 Å². The second-order valence-electron chi connectivity index (χ2n) is 5.30. The lowest BCUT2D eigenvalue weighted by Crippen LogP contribution is -2.14. The fourth-order valence-electron chi connectivity index (χ4n) is 2.13. The third-order valence-corrected chi connectivity index (χ3v) is 4.20. The van der Waals surface area contributed by atoms with Gasteiger partial charge in [-0.1, -0.05) is 21.1 Å². The van der Waals surface area contributed by atoms with Crippen molar-refractivity contribution in [2.75, 3.05) is 10.6 Å². The molecule has 3 aromatic rings. The molecule has 0 bridgehead atoms. The summed E-state index contributed by atoms with van der Waals surface area (Å²) in [6.45, 7) is 3.77. The van der Waals surface area contributed by atoms with Crippen LogP contribution in [0.3, 0.4) is 0 Å². The van der Waals surface area contributed by atoms with Gasteiger partial charge in [0.1, 0.15) is 11.5 Å². The number of carbonyl (C=O) groups excluding carboxylic acids is 1. The van der Waals surface area contributed by atoms with Crippen LogP contribution in [0.25, 0.3) is 0 Å². The number of nitrogens with zero attached hydrogens (tertiary/aromatic N) is 2. The van der Waals surface area contributed by atoms with Crippen LogP contribution in [0.1, 0.15) is 21.8 Å². The molecule has 6 nitrogen and oxygen atoms in total. The Hall–Kier alpha value is -2.67. The van der Waals surface area contributed by atoms with Gasteiger partial charge in [-0.2, -0.15) is 0 Å². The average Bonchev–Trinajstić information content (AvgIpc) is 2.96. The third-order valence-electron chi connectivity index (χ3n) is 3.31. The van der Waals surface area contributed by atoms with Crippen LogP contribution >= 0.6 is 15.9 Å². The van der Waals surface area contributed by atoms with E-state index >= 15 is 0 Å². The Morgan fingerprint density at radius 2 is 1.92 bits per heavy atom. The molecule has 0 unspecified atom stereocenters. The molecule has 2 heterocycles. The molecule has 0 fully saturated rings. The molecule has 2 aromatic heterocycles. The highest BCUT2D eigenvalue weighted by Crippen LogP contribution is 2.23. The van der Waals surface area contributed by atoms with E-state index in [1.807, 2.05) is 25.1 Å². The Morgan fingerprint density at radius 3 is 2.62 bits per heavy atom. The number of pyridine rings is 1. The van der Waals surface area contributed by atoms with Crippen molar-refractivity contribution in [3.63, 3.8) is 0 Å². The van der Waals surface area contributed by atoms with Crippen LogP contribution in [0, 0.1) is 13.8 Å². The molecule has 0 aliphatic rings. The number of carbonyl (C=O) groups is 1. The highest BCUT2D eigenvalue weighted by atomic mass is 79.9. The summed E-state index contributed by atoms with van der Waals surface area (Å²) in [4.78, 5) is 16.3. The molecule has 1 aromatic carbocycles. The van der Waals surface area contributed by atoms with Gasteiger partial charge in [0.2, 0.25) is 0 Å². The van der Waals surface area contributed by atoms with Gasteiger partial charge in [0.15, 0.2) is 5.82 Å². The molecule has 0 saturated carbocycles. The molecule has 7 heteroatoms. The summed E-state index contributed by atoms with van der Waals surface area (Å²) in [5.74, 6) is 0.638. The molecule has 0 saturated heterocycles. The minimum absolute atomic E-state index is 0.287. The Bertz CT molecular complexity index is 892. The van der Waals surface area contributed by atoms with Crippen LogP contribution in [0.2, 0.25) is 0 Å². The maximum atomic E-state index is 12.2. The van der Waals surface area contributed by atoms with Crippen molar-refractivity contribution in [2.45, 2.75) is 13.8 Å². The van der Waals surface area contributed by atoms with Crippen molar-refractivity contribution in [3.05, 3.63) is 64.1 Å². The topological polar surface area (TPSA) is 80.0 Å². The summed E-state index contributed by atoms with van der Waals surface area (Å²) in [5.41, 5.74) is 3.11. The summed E-state index contributed by atoms with van der Waals surface area (Å²) in [6.07, 6.45) is 1.58. The maximum Gasteiger partial charge on any atom is 0.275 e. The van der Waals surface area contributed by atoms with Crippen molar-refractivity contribution < 1.29 is 9.32 Å². The first-order valence-electron chi connectivity index (χ1n) is 7.25. The van der Waals surface area contributed by atoms with Crippen LogP contribution in [0.15, 0.2) is 51.6 Å². The van der Waals surface area contributed by atoms with Gasteiger partial charge in [0.25, 0.3) is 5.91 Å². The fourth-order valence-corrected chi connectivity index (χ4v) is 2.37. The summed E-state index contributed by atoms with van der Waals surface area (Å²) in [6, 6.07) is 11.1. The van der Waals surface area contributed by atoms with Gasteiger partial charge >= 0.3 is 0 Å². The number of aromatic nitrogens is 2. The fraction of sp³-hybridized carbons (Fsp3) is 0.118. The van der Waals surface area contributed by atoms with E-state index in [1.54, 1.807) is 31.3 Å². The number of hydrogen-bond donors (Lipinski definition) is 2. The van der Waals surface area contributed by atoms with Crippen molar-refractivity contribution in [2.24, 2.45) is 0 Å². The molecule has 0 spiro atoms. The Labute approximate surface area is 147 Å². The van der Waals surface area contributed by atoms with E-state index in [9.17, 15) is 4.79 Å². The number of benzene rings is 1. The van der Waals surface area contributed by atoms with Gasteiger partial charge in [-0.05, 0) is 49.7 Å². The largest absolute Gasteiger partial charge is 0.360 e. The maximum absolute atomic E-state index is 12.2. The van der Waals surface area contributed by atoms with E-state index in [1.165, 1.54) is 0 Å². The van der Waals surface area contributed by atoms with Crippen molar-refractivity contribution >= 4 is 39.0 Å². The normalized spacial score (nSPS) is 10.5. The van der Waals surface area contributed by atoms with Gasteiger partial charge < -0.3 is 15.2 Å². The smallest absolute Gasteiger partial charge is 0.275 e. The van der Waals surface area contributed by atoms with E-state index in [0.717, 1.165) is 21.4 Å². The zero-order valence-corrected chi connectivity index (χ0v) is 14.7. The van der Waals surface area contributed by atoms with Crippen LogP contribution in [-0.2, 0) is 0 Å². The monoisotopic (exact) mass is 386 g/mol. The summed E-state index contributed by atoms with van der Waals surface area (Å²) < 4.78 is 5.97. The van der Waals surface area contributed by atoms with Crippen molar-refractivity contribution in [3.8, 4) is 0 Å². The van der Waals surface area contributed by atoms with Gasteiger partial charge in [-0.25, -0.2) is 0 Å². The molecule has 0 atom stereocenters. The van der Waals surface area contributed by atoms with E-state index in [4.69, 9.17) is 4.52 Å². The summed E-state index contributed by atoms with van der Waals surface area (Å²) in [5, 5.41) is 9.64. The second-order valence-corrected chi connectivity index (χ2v) is 6.15. The van der Waals surface area contributed by atoms with Crippen LogP contribution < -0.4 is 10.6 Å². The molecule has 0 radical (unpaired) electrons. The highest BCUT2D eigenvalue weighted by Gasteiger charge is 2.11. The Balaban J connectivity index is 1.75. The number of rotatable bonds is 4.